The van der Waals surface area contributed by atoms with E-state index in [9.17, 15) is 9.18 Å². The first kappa shape index (κ1) is 12.5. The minimum Gasteiger partial charge on any atom is -0.396 e. The highest BCUT2D eigenvalue weighted by atomic mass is 79.9. The molecule has 0 unspecified atom stereocenters. The monoisotopic (exact) mass is 314 g/mol. The third-order valence-corrected chi connectivity index (χ3v) is 2.74. The molecule has 3 N–H and O–H groups in total. The maximum absolute atomic E-state index is 13.1. The second-order valence-electron chi connectivity index (χ2n) is 3.45. The average molecular weight is 315 g/mol. The van der Waals surface area contributed by atoms with Crippen LogP contribution in [0.3, 0.4) is 0 Å². The summed E-state index contributed by atoms with van der Waals surface area (Å²) in [6, 6.07) is 2.30. The molecule has 94 valence electrons. The van der Waals surface area contributed by atoms with Crippen molar-refractivity contribution in [3.8, 4) is 0 Å². The number of aromatic nitrogens is 2. The van der Waals surface area contributed by atoms with Crippen molar-refractivity contribution in [2.24, 2.45) is 0 Å². The maximum Gasteiger partial charge on any atom is 0.328 e. The molecule has 0 saturated carbocycles. The third-order valence-electron chi connectivity index (χ3n) is 2.08. The van der Waals surface area contributed by atoms with E-state index in [1.54, 1.807) is 6.92 Å². The van der Waals surface area contributed by atoms with Crippen LogP contribution in [-0.2, 0) is 0 Å². The van der Waals surface area contributed by atoms with Crippen molar-refractivity contribution in [3.05, 3.63) is 33.8 Å². The first-order valence-electron chi connectivity index (χ1n) is 4.83. The predicted octanol–water partition coefficient (Wildman–Crippen LogP) is 2.11. The van der Waals surface area contributed by atoms with Crippen LogP contribution in [0, 0.1) is 12.7 Å². The minimum absolute atomic E-state index is 0.0349. The van der Waals surface area contributed by atoms with Crippen molar-refractivity contribution in [1.29, 1.82) is 0 Å². The van der Waals surface area contributed by atoms with Gasteiger partial charge in [0.05, 0.1) is 11.3 Å². The van der Waals surface area contributed by atoms with Gasteiger partial charge in [0.1, 0.15) is 5.82 Å². The number of benzene rings is 1. The van der Waals surface area contributed by atoms with Gasteiger partial charge >= 0.3 is 6.01 Å². The molecule has 0 radical (unpaired) electrons. The summed E-state index contributed by atoms with van der Waals surface area (Å²) in [5, 5.41) is 5.90. The summed E-state index contributed by atoms with van der Waals surface area (Å²) in [5.41, 5.74) is 5.45. The van der Waals surface area contributed by atoms with Gasteiger partial charge < -0.3 is 10.3 Å². The summed E-state index contributed by atoms with van der Waals surface area (Å²) in [5.74, 6) is -0.743. The van der Waals surface area contributed by atoms with E-state index < -0.39 is 11.7 Å². The van der Waals surface area contributed by atoms with Crippen molar-refractivity contribution in [2.75, 3.05) is 11.1 Å². The number of carbonyl (C=O) groups is 1. The quantitative estimate of drug-likeness (QED) is 0.828. The Morgan fingerprint density at radius 3 is 2.89 bits per heavy atom. The Hall–Kier alpha value is -1.96. The van der Waals surface area contributed by atoms with Gasteiger partial charge in [-0.1, -0.05) is 5.16 Å². The van der Waals surface area contributed by atoms with Crippen LogP contribution in [0.25, 0.3) is 0 Å². The Balaban J connectivity index is 2.26. The fraction of sp³-hybridized carbons (Fsp3) is 0.100. The van der Waals surface area contributed by atoms with E-state index in [0.29, 0.717) is 5.82 Å². The molecule has 18 heavy (non-hydrogen) atoms. The van der Waals surface area contributed by atoms with Gasteiger partial charge in [0.2, 0.25) is 0 Å². The van der Waals surface area contributed by atoms with Gasteiger partial charge in [0, 0.05) is 4.47 Å². The van der Waals surface area contributed by atoms with Gasteiger partial charge in [-0.05, 0) is 35.0 Å². The molecule has 0 bridgehead atoms. The standard InChI is InChI=1S/C10H8BrFN4O2/c1-4-14-10(18-16-4)15-9(17)5-2-8(13)7(12)3-6(5)11/h2-3H,13H2,1H3,(H,14,15,16,17). The Labute approximate surface area is 109 Å². The van der Waals surface area contributed by atoms with Crippen molar-refractivity contribution in [1.82, 2.24) is 10.1 Å². The zero-order valence-electron chi connectivity index (χ0n) is 9.20. The van der Waals surface area contributed by atoms with E-state index >= 15 is 0 Å². The highest BCUT2D eigenvalue weighted by Gasteiger charge is 2.15. The number of nitrogens with one attached hydrogen (secondary N) is 1. The van der Waals surface area contributed by atoms with Gasteiger partial charge in [0.15, 0.2) is 5.82 Å². The van der Waals surface area contributed by atoms with Crippen LogP contribution in [0.5, 0.6) is 0 Å². The molecule has 1 aromatic heterocycles. The largest absolute Gasteiger partial charge is 0.396 e. The molecule has 0 atom stereocenters. The normalized spacial score (nSPS) is 10.4. The van der Waals surface area contributed by atoms with E-state index in [1.165, 1.54) is 6.07 Å². The van der Waals surface area contributed by atoms with Crippen LogP contribution in [-0.4, -0.2) is 16.0 Å². The van der Waals surface area contributed by atoms with Crippen molar-refractivity contribution >= 4 is 33.5 Å². The first-order chi connectivity index (χ1) is 8.47. The van der Waals surface area contributed by atoms with E-state index in [4.69, 9.17) is 10.3 Å². The number of nitrogens with two attached hydrogens (primary N) is 1. The lowest BCUT2D eigenvalue weighted by atomic mass is 10.2. The van der Waals surface area contributed by atoms with Crippen molar-refractivity contribution in [2.45, 2.75) is 6.92 Å². The number of hydrogen-bond donors (Lipinski definition) is 2. The van der Waals surface area contributed by atoms with Gasteiger partial charge in [-0.25, -0.2) is 4.39 Å². The second-order valence-corrected chi connectivity index (χ2v) is 4.31. The van der Waals surface area contributed by atoms with E-state index in [1.807, 2.05) is 0 Å². The Kier molecular flexibility index (Phi) is 3.28. The number of anilines is 2. The van der Waals surface area contributed by atoms with Crippen LogP contribution >= 0.6 is 15.9 Å². The highest BCUT2D eigenvalue weighted by molar-refractivity contribution is 9.10. The molecule has 1 amide bonds. The van der Waals surface area contributed by atoms with Crippen LogP contribution in [0.4, 0.5) is 16.1 Å². The predicted molar refractivity (Wildman–Crippen MR) is 65.5 cm³/mol. The average Bonchev–Trinajstić information content (AvgIpc) is 2.69. The summed E-state index contributed by atoms with van der Waals surface area (Å²) in [6.45, 7) is 1.62. The molecular weight excluding hydrogens is 307 g/mol. The van der Waals surface area contributed by atoms with Gasteiger partial charge in [0.25, 0.3) is 5.91 Å². The fourth-order valence-electron chi connectivity index (χ4n) is 1.25. The van der Waals surface area contributed by atoms with Gasteiger partial charge in [-0.2, -0.15) is 4.98 Å². The van der Waals surface area contributed by atoms with E-state index in [-0.39, 0.29) is 21.7 Å². The summed E-state index contributed by atoms with van der Waals surface area (Å²) in [4.78, 5) is 15.7. The number of amides is 1. The number of aryl methyl sites for hydroxylation is 1. The lowest BCUT2D eigenvalue weighted by Crippen LogP contribution is -2.13. The molecule has 0 aliphatic carbocycles. The molecule has 0 fully saturated rings. The molecule has 0 spiro atoms. The summed E-state index contributed by atoms with van der Waals surface area (Å²) in [6.07, 6.45) is 0. The zero-order valence-corrected chi connectivity index (χ0v) is 10.8. The SMILES string of the molecule is Cc1noc(NC(=O)c2cc(N)c(F)cc2Br)n1. The van der Waals surface area contributed by atoms with Crippen LogP contribution < -0.4 is 11.1 Å². The molecular formula is C10H8BrFN4O2. The molecule has 0 saturated heterocycles. The lowest BCUT2D eigenvalue weighted by molar-refractivity contribution is 0.102. The van der Waals surface area contributed by atoms with Crippen molar-refractivity contribution in [3.63, 3.8) is 0 Å². The second kappa shape index (κ2) is 4.73. The maximum atomic E-state index is 13.1. The smallest absolute Gasteiger partial charge is 0.328 e. The Morgan fingerprint density at radius 1 is 1.56 bits per heavy atom. The number of carbonyl (C=O) groups excluding carboxylic acids is 1. The molecule has 6 nitrogen and oxygen atoms in total. The Morgan fingerprint density at radius 2 is 2.28 bits per heavy atom. The third kappa shape index (κ3) is 2.48. The lowest BCUT2D eigenvalue weighted by Gasteiger charge is -2.05. The molecule has 1 heterocycles. The number of nitrogens with zero attached hydrogens (tertiary/aromatic N) is 2. The molecule has 8 heteroatoms. The molecule has 0 aliphatic heterocycles. The number of hydrogen-bond acceptors (Lipinski definition) is 5. The number of nitrogen functional groups attached to an aromatic ring is 1. The summed E-state index contributed by atoms with van der Waals surface area (Å²) < 4.78 is 18.1. The first-order valence-corrected chi connectivity index (χ1v) is 5.63. The fourth-order valence-corrected chi connectivity index (χ4v) is 1.75. The number of rotatable bonds is 2. The van der Waals surface area contributed by atoms with Crippen LogP contribution in [0.15, 0.2) is 21.1 Å². The van der Waals surface area contributed by atoms with E-state index in [0.717, 1.165) is 6.07 Å². The topological polar surface area (TPSA) is 94.0 Å². The van der Waals surface area contributed by atoms with Crippen molar-refractivity contribution < 1.29 is 13.7 Å². The number of halogens is 2. The zero-order chi connectivity index (χ0) is 13.3. The molecule has 1 aromatic carbocycles. The molecule has 2 rings (SSSR count). The summed E-state index contributed by atoms with van der Waals surface area (Å²) in [7, 11) is 0. The molecule has 0 aliphatic rings. The van der Waals surface area contributed by atoms with Gasteiger partial charge in [-0.15, -0.1) is 0 Å². The Bertz CT molecular complexity index is 614. The van der Waals surface area contributed by atoms with Crippen LogP contribution in [0.2, 0.25) is 0 Å². The highest BCUT2D eigenvalue weighted by Crippen LogP contribution is 2.23. The van der Waals surface area contributed by atoms with E-state index in [2.05, 4.69) is 31.4 Å². The molecule has 2 aromatic rings. The van der Waals surface area contributed by atoms with Gasteiger partial charge in [-0.3, -0.25) is 10.1 Å². The minimum atomic E-state index is -0.605. The summed E-state index contributed by atoms with van der Waals surface area (Å²) >= 11 is 3.08. The van der Waals surface area contributed by atoms with Crippen LogP contribution in [0.1, 0.15) is 16.2 Å².